The van der Waals surface area contributed by atoms with Crippen LogP contribution in [0.5, 0.6) is 0 Å². The third-order valence-corrected chi connectivity index (χ3v) is 5.66. The highest BCUT2D eigenvalue weighted by Gasteiger charge is 2.21. The number of imidazole rings is 1. The molecule has 1 aromatic carbocycles. The van der Waals surface area contributed by atoms with Crippen molar-refractivity contribution in [1.29, 1.82) is 0 Å². The molecule has 3 aromatic rings. The first kappa shape index (κ1) is 23.5. The highest BCUT2D eigenvalue weighted by molar-refractivity contribution is 5.99. The van der Waals surface area contributed by atoms with Crippen LogP contribution in [-0.2, 0) is 27.4 Å². The van der Waals surface area contributed by atoms with E-state index in [1.807, 2.05) is 50.5 Å². The molecule has 2 aromatic heterocycles. The second-order valence-electron chi connectivity index (χ2n) is 8.05. The van der Waals surface area contributed by atoms with Crippen molar-refractivity contribution >= 4 is 22.8 Å². The molecule has 172 valence electrons. The second-order valence-corrected chi connectivity index (χ2v) is 8.05. The van der Waals surface area contributed by atoms with Crippen LogP contribution in [0.25, 0.3) is 11.0 Å². The summed E-state index contributed by atoms with van der Waals surface area (Å²) in [5.41, 5.74) is 3.47. The Morgan fingerprint density at radius 2 is 1.75 bits per heavy atom. The molecular weight excluding hydrogens is 410 g/mol. The van der Waals surface area contributed by atoms with E-state index in [9.17, 15) is 14.4 Å². The number of Topliss-reactive ketones (excluding diaryl/α,β-unsaturated/α-hetero) is 1. The van der Waals surface area contributed by atoms with Gasteiger partial charge in [0.15, 0.2) is 6.61 Å². The predicted molar refractivity (Wildman–Crippen MR) is 122 cm³/mol. The lowest BCUT2D eigenvalue weighted by atomic mass is 10.1. The Labute approximate surface area is 187 Å². The molecule has 8 nitrogen and oxygen atoms in total. The molecule has 32 heavy (non-hydrogen) atoms. The van der Waals surface area contributed by atoms with Crippen LogP contribution in [0, 0.1) is 13.8 Å². The molecule has 0 amide bonds. The molecule has 0 aliphatic rings. The number of aromatic nitrogens is 3. The van der Waals surface area contributed by atoms with Crippen LogP contribution < -0.4 is 5.69 Å². The van der Waals surface area contributed by atoms with Crippen LogP contribution in [0.15, 0.2) is 35.1 Å². The maximum Gasteiger partial charge on any atom is 0.329 e. The standard InChI is InChI=1S/C24H31N3O5/c1-6-11-25-20-9-7-8-10-21(20)26(24(25)30)13-23(29)32-15-22(28)19-12-16(2)27(18(19)4)17(3)14-31-5/h7-10,12,17H,6,11,13-15H2,1-5H3. The SMILES string of the molecule is CCCn1c(=O)n(CC(=O)OCC(=O)c2cc(C)n(C(C)COC)c2C)c2ccccc21. The number of aryl methyl sites for hydroxylation is 2. The van der Waals surface area contributed by atoms with Gasteiger partial charge in [-0.2, -0.15) is 0 Å². The molecule has 0 bridgehead atoms. The van der Waals surface area contributed by atoms with Crippen molar-refractivity contribution in [3.63, 3.8) is 0 Å². The molecule has 1 unspecified atom stereocenters. The van der Waals surface area contributed by atoms with Crippen LogP contribution in [0.2, 0.25) is 0 Å². The fourth-order valence-electron chi connectivity index (χ4n) is 4.32. The minimum absolute atomic E-state index is 0.0800. The van der Waals surface area contributed by atoms with Gasteiger partial charge < -0.3 is 14.0 Å². The number of hydrogen-bond acceptors (Lipinski definition) is 5. The monoisotopic (exact) mass is 441 g/mol. The Morgan fingerprint density at radius 1 is 1.09 bits per heavy atom. The van der Waals surface area contributed by atoms with E-state index in [0.29, 0.717) is 24.2 Å². The van der Waals surface area contributed by atoms with Crippen LogP contribution >= 0.6 is 0 Å². The Bertz CT molecular complexity index is 1180. The fourth-order valence-corrected chi connectivity index (χ4v) is 4.32. The Balaban J connectivity index is 1.73. The maximum absolute atomic E-state index is 12.8. The number of fused-ring (bicyclic) bond motifs is 1. The van der Waals surface area contributed by atoms with Crippen LogP contribution in [0.4, 0.5) is 0 Å². The van der Waals surface area contributed by atoms with Crippen LogP contribution in [0.1, 0.15) is 48.1 Å². The molecule has 8 heteroatoms. The predicted octanol–water partition coefficient (Wildman–Crippen LogP) is 3.26. The van der Waals surface area contributed by atoms with Crippen molar-refractivity contribution in [3.05, 3.63) is 57.8 Å². The van der Waals surface area contributed by atoms with Gasteiger partial charge in [0.05, 0.1) is 23.7 Å². The van der Waals surface area contributed by atoms with Gasteiger partial charge in [0.1, 0.15) is 6.54 Å². The zero-order valence-corrected chi connectivity index (χ0v) is 19.4. The van der Waals surface area contributed by atoms with Crippen molar-refractivity contribution in [2.75, 3.05) is 20.3 Å². The van der Waals surface area contributed by atoms with Crippen molar-refractivity contribution in [3.8, 4) is 0 Å². The molecule has 0 N–H and O–H groups in total. The van der Waals surface area contributed by atoms with Crippen molar-refractivity contribution < 1.29 is 19.1 Å². The van der Waals surface area contributed by atoms with Crippen molar-refractivity contribution in [1.82, 2.24) is 13.7 Å². The molecule has 0 radical (unpaired) electrons. The lowest BCUT2D eigenvalue weighted by Gasteiger charge is -2.17. The van der Waals surface area contributed by atoms with E-state index >= 15 is 0 Å². The Morgan fingerprint density at radius 3 is 2.38 bits per heavy atom. The molecule has 0 aliphatic carbocycles. The third-order valence-electron chi connectivity index (χ3n) is 5.66. The minimum atomic E-state index is -0.624. The first-order valence-corrected chi connectivity index (χ1v) is 10.8. The molecule has 3 rings (SSSR count). The van der Waals surface area contributed by atoms with Gasteiger partial charge in [0, 0.05) is 30.6 Å². The van der Waals surface area contributed by atoms with Gasteiger partial charge >= 0.3 is 11.7 Å². The van der Waals surface area contributed by atoms with E-state index in [2.05, 4.69) is 0 Å². The summed E-state index contributed by atoms with van der Waals surface area (Å²) in [6.07, 6.45) is 0.800. The first-order chi connectivity index (χ1) is 15.3. The summed E-state index contributed by atoms with van der Waals surface area (Å²) in [7, 11) is 1.64. The number of ketones is 1. The number of para-hydroxylation sites is 2. The number of methoxy groups -OCH3 is 1. The maximum atomic E-state index is 12.8. The topological polar surface area (TPSA) is 84.5 Å². The van der Waals surface area contributed by atoms with Gasteiger partial charge in [-0.15, -0.1) is 0 Å². The van der Waals surface area contributed by atoms with Gasteiger partial charge in [-0.1, -0.05) is 19.1 Å². The molecule has 2 heterocycles. The summed E-state index contributed by atoms with van der Waals surface area (Å²) in [6, 6.07) is 9.23. The lowest BCUT2D eigenvalue weighted by molar-refractivity contribution is -0.143. The van der Waals surface area contributed by atoms with E-state index in [1.54, 1.807) is 23.8 Å². The summed E-state index contributed by atoms with van der Waals surface area (Å²) >= 11 is 0. The lowest BCUT2D eigenvalue weighted by Crippen LogP contribution is -2.28. The van der Waals surface area contributed by atoms with E-state index < -0.39 is 5.97 Å². The number of hydrogen-bond donors (Lipinski definition) is 0. The third kappa shape index (κ3) is 4.55. The van der Waals surface area contributed by atoms with Gasteiger partial charge in [-0.05, 0) is 45.4 Å². The van der Waals surface area contributed by atoms with E-state index in [0.717, 1.165) is 23.3 Å². The average Bonchev–Trinajstić information content (AvgIpc) is 3.21. The zero-order valence-electron chi connectivity index (χ0n) is 19.4. The summed E-state index contributed by atoms with van der Waals surface area (Å²) in [5.74, 6) is -0.899. The summed E-state index contributed by atoms with van der Waals surface area (Å²) in [5, 5.41) is 0. The summed E-state index contributed by atoms with van der Waals surface area (Å²) < 4.78 is 15.6. The minimum Gasteiger partial charge on any atom is -0.456 e. The van der Waals surface area contributed by atoms with Gasteiger partial charge in [0.2, 0.25) is 5.78 Å². The second kappa shape index (κ2) is 9.99. The molecule has 0 saturated carbocycles. The molecule has 0 spiro atoms. The molecule has 1 atom stereocenters. The molecule has 0 saturated heterocycles. The van der Waals surface area contributed by atoms with Crippen molar-refractivity contribution in [2.45, 2.75) is 53.2 Å². The largest absolute Gasteiger partial charge is 0.456 e. The van der Waals surface area contributed by atoms with Crippen LogP contribution in [0.3, 0.4) is 0 Å². The number of esters is 1. The first-order valence-electron chi connectivity index (χ1n) is 10.8. The molecule has 0 aliphatic heterocycles. The van der Waals surface area contributed by atoms with E-state index in [-0.39, 0.29) is 30.7 Å². The van der Waals surface area contributed by atoms with E-state index in [4.69, 9.17) is 9.47 Å². The number of carbonyl (C=O) groups is 2. The van der Waals surface area contributed by atoms with Gasteiger partial charge in [-0.3, -0.25) is 18.7 Å². The number of benzene rings is 1. The van der Waals surface area contributed by atoms with Crippen LogP contribution in [-0.4, -0.2) is 45.8 Å². The highest BCUT2D eigenvalue weighted by atomic mass is 16.5. The Kier molecular flexibility index (Phi) is 7.35. The van der Waals surface area contributed by atoms with Gasteiger partial charge in [-0.25, -0.2) is 4.79 Å². The Hall–Kier alpha value is -3.13. The molecular formula is C24H31N3O5. The fraction of sp³-hybridized carbons (Fsp3) is 0.458. The summed E-state index contributed by atoms with van der Waals surface area (Å²) in [4.78, 5) is 38.1. The highest BCUT2D eigenvalue weighted by Crippen LogP contribution is 2.21. The zero-order chi connectivity index (χ0) is 23.4. The van der Waals surface area contributed by atoms with Crippen molar-refractivity contribution in [2.24, 2.45) is 0 Å². The number of carbonyl (C=O) groups excluding carboxylic acids is 2. The normalized spacial score (nSPS) is 12.3. The quantitative estimate of drug-likeness (QED) is 0.356. The number of nitrogens with zero attached hydrogens (tertiary/aromatic N) is 3. The summed E-state index contributed by atoms with van der Waals surface area (Å²) in [6.45, 7) is 8.29. The molecule has 0 fully saturated rings. The number of ether oxygens (including phenoxy) is 2. The number of rotatable bonds is 10. The van der Waals surface area contributed by atoms with Gasteiger partial charge in [0.25, 0.3) is 0 Å². The van der Waals surface area contributed by atoms with E-state index in [1.165, 1.54) is 4.57 Å². The average molecular weight is 442 g/mol. The smallest absolute Gasteiger partial charge is 0.329 e.